The fourth-order valence-corrected chi connectivity index (χ4v) is 2.81. The molecule has 0 saturated carbocycles. The van der Waals surface area contributed by atoms with Crippen LogP contribution < -0.4 is 5.32 Å². The highest BCUT2D eigenvalue weighted by atomic mass is 32.2. The van der Waals surface area contributed by atoms with E-state index >= 15 is 0 Å². The molecule has 0 aliphatic carbocycles. The molecule has 10 heteroatoms. The minimum Gasteiger partial charge on any atom is -0.355 e. The Morgan fingerprint density at radius 2 is 2.00 bits per heavy atom. The molecule has 0 bridgehead atoms. The lowest BCUT2D eigenvalue weighted by Gasteiger charge is -2.14. The monoisotopic (exact) mass is 359 g/mol. The second-order valence-corrected chi connectivity index (χ2v) is 6.21. The Morgan fingerprint density at radius 1 is 1.33 bits per heavy atom. The molecule has 0 saturated heterocycles. The van der Waals surface area contributed by atoms with Crippen LogP contribution in [0.4, 0.5) is 13.2 Å². The third-order valence-electron chi connectivity index (χ3n) is 3.00. The van der Waals surface area contributed by atoms with Gasteiger partial charge in [-0.25, -0.2) is 0 Å². The lowest BCUT2D eigenvalue weighted by atomic mass is 10.2. The predicted octanol–water partition coefficient (Wildman–Crippen LogP) is 2.52. The maximum Gasteiger partial charge on any atom is 0.406 e. The highest BCUT2D eigenvalue weighted by Gasteiger charge is 2.32. The summed E-state index contributed by atoms with van der Waals surface area (Å²) in [6.07, 6.45) is -1.51. The van der Waals surface area contributed by atoms with E-state index < -0.39 is 18.0 Å². The van der Waals surface area contributed by atoms with Crippen LogP contribution in [0.2, 0.25) is 0 Å². The number of nitrogens with zero attached hydrogens (tertiary/aromatic N) is 4. The molecular formula is C14H16F3N5OS. The van der Waals surface area contributed by atoms with E-state index in [0.717, 1.165) is 16.3 Å². The van der Waals surface area contributed by atoms with Crippen molar-refractivity contribution in [1.82, 2.24) is 25.1 Å². The Hall–Kier alpha value is -2.10. The maximum atomic E-state index is 12.9. The van der Waals surface area contributed by atoms with Crippen molar-refractivity contribution >= 4 is 17.7 Å². The Kier molecular flexibility index (Phi) is 5.81. The molecule has 1 N–H and O–H groups in total. The van der Waals surface area contributed by atoms with Gasteiger partial charge in [0.2, 0.25) is 5.91 Å². The third-order valence-corrected chi connectivity index (χ3v) is 4.08. The van der Waals surface area contributed by atoms with E-state index in [4.69, 9.17) is 0 Å². The van der Waals surface area contributed by atoms with E-state index in [1.165, 1.54) is 12.4 Å². The fraction of sp³-hybridized carbons (Fsp3) is 0.429. The standard InChI is InChI=1S/C14H16F3N5OS/c1-3-19-12(23)9(2)24-13-21-20-11(10-4-6-18-7-5-10)22(13)8-14(15,16)17/h4-7,9H,3,8H2,1-2H3,(H,19,23)/t9-/m1/s1. The number of nitrogens with one attached hydrogen (secondary N) is 1. The van der Waals surface area contributed by atoms with Crippen molar-refractivity contribution in [1.29, 1.82) is 0 Å². The number of hydrogen-bond donors (Lipinski definition) is 1. The number of aromatic nitrogens is 4. The van der Waals surface area contributed by atoms with Gasteiger partial charge in [-0.15, -0.1) is 10.2 Å². The van der Waals surface area contributed by atoms with Gasteiger partial charge in [-0.1, -0.05) is 11.8 Å². The van der Waals surface area contributed by atoms with Gasteiger partial charge in [0, 0.05) is 24.5 Å². The van der Waals surface area contributed by atoms with Crippen molar-refractivity contribution in [2.75, 3.05) is 6.54 Å². The molecule has 2 aromatic rings. The predicted molar refractivity (Wildman–Crippen MR) is 83.3 cm³/mol. The zero-order valence-electron chi connectivity index (χ0n) is 13.0. The first kappa shape index (κ1) is 18.2. The summed E-state index contributed by atoms with van der Waals surface area (Å²) in [5.74, 6) is -0.185. The number of carbonyl (C=O) groups is 1. The summed E-state index contributed by atoms with van der Waals surface area (Å²) in [7, 11) is 0. The Morgan fingerprint density at radius 3 is 2.58 bits per heavy atom. The molecule has 130 valence electrons. The Labute approximate surface area is 140 Å². The van der Waals surface area contributed by atoms with Crippen molar-refractivity contribution in [3.63, 3.8) is 0 Å². The molecule has 0 spiro atoms. The third kappa shape index (κ3) is 4.70. The number of carbonyl (C=O) groups excluding carboxylic acids is 1. The highest BCUT2D eigenvalue weighted by Crippen LogP contribution is 2.30. The van der Waals surface area contributed by atoms with Gasteiger partial charge in [0.1, 0.15) is 6.54 Å². The number of rotatable bonds is 6. The Bertz CT molecular complexity index is 689. The van der Waals surface area contributed by atoms with Gasteiger partial charge in [0.25, 0.3) is 0 Å². The number of pyridine rings is 1. The molecule has 2 aromatic heterocycles. The van der Waals surface area contributed by atoms with Gasteiger partial charge in [-0.3, -0.25) is 14.3 Å². The normalized spacial score (nSPS) is 12.9. The lowest BCUT2D eigenvalue weighted by molar-refractivity contribution is -0.141. The van der Waals surface area contributed by atoms with E-state index in [9.17, 15) is 18.0 Å². The zero-order chi connectivity index (χ0) is 17.7. The summed E-state index contributed by atoms with van der Waals surface area (Å²) >= 11 is 0.936. The van der Waals surface area contributed by atoms with Gasteiger partial charge in [0.15, 0.2) is 11.0 Å². The zero-order valence-corrected chi connectivity index (χ0v) is 13.9. The molecule has 0 aromatic carbocycles. The number of hydrogen-bond acceptors (Lipinski definition) is 5. The molecule has 0 radical (unpaired) electrons. The van der Waals surface area contributed by atoms with Crippen molar-refractivity contribution in [2.24, 2.45) is 0 Å². The first-order valence-corrected chi connectivity index (χ1v) is 8.04. The molecule has 6 nitrogen and oxygen atoms in total. The van der Waals surface area contributed by atoms with Gasteiger partial charge >= 0.3 is 6.18 Å². The average molecular weight is 359 g/mol. The molecule has 0 unspecified atom stereocenters. The summed E-state index contributed by atoms with van der Waals surface area (Å²) in [6.45, 7) is 2.58. The summed E-state index contributed by atoms with van der Waals surface area (Å²) < 4.78 is 39.8. The fourth-order valence-electron chi connectivity index (χ4n) is 1.94. The van der Waals surface area contributed by atoms with Crippen LogP contribution in [-0.4, -0.2) is 43.6 Å². The van der Waals surface area contributed by atoms with E-state index in [0.29, 0.717) is 12.1 Å². The SMILES string of the molecule is CCNC(=O)[C@@H](C)Sc1nnc(-c2ccncc2)n1CC(F)(F)F. The summed E-state index contributed by atoms with van der Waals surface area (Å²) in [4.78, 5) is 15.6. The van der Waals surface area contributed by atoms with Gasteiger partial charge in [-0.05, 0) is 26.0 Å². The molecule has 1 amide bonds. The van der Waals surface area contributed by atoms with E-state index in [1.807, 2.05) is 0 Å². The summed E-state index contributed by atoms with van der Waals surface area (Å²) in [5, 5.41) is 9.77. The van der Waals surface area contributed by atoms with Gasteiger partial charge < -0.3 is 5.32 Å². The van der Waals surface area contributed by atoms with Gasteiger partial charge in [0.05, 0.1) is 5.25 Å². The number of halogens is 3. The number of alkyl halides is 3. The summed E-state index contributed by atoms with van der Waals surface area (Å²) in [5.41, 5.74) is 0.472. The van der Waals surface area contributed by atoms with E-state index in [2.05, 4.69) is 20.5 Å². The molecular weight excluding hydrogens is 343 g/mol. The van der Waals surface area contributed by atoms with Crippen LogP contribution in [0.3, 0.4) is 0 Å². The van der Waals surface area contributed by atoms with E-state index in [1.54, 1.807) is 26.0 Å². The molecule has 0 fully saturated rings. The first-order valence-electron chi connectivity index (χ1n) is 7.16. The van der Waals surface area contributed by atoms with Crippen LogP contribution in [0.5, 0.6) is 0 Å². The van der Waals surface area contributed by atoms with E-state index in [-0.39, 0.29) is 16.9 Å². The minimum absolute atomic E-state index is 0.0397. The average Bonchev–Trinajstić information content (AvgIpc) is 2.89. The van der Waals surface area contributed by atoms with Gasteiger partial charge in [-0.2, -0.15) is 13.2 Å². The van der Waals surface area contributed by atoms with Crippen LogP contribution >= 0.6 is 11.8 Å². The minimum atomic E-state index is -4.44. The van der Waals surface area contributed by atoms with Crippen LogP contribution in [0.1, 0.15) is 13.8 Å². The number of thioether (sulfide) groups is 1. The largest absolute Gasteiger partial charge is 0.406 e. The Balaban J connectivity index is 2.34. The maximum absolute atomic E-state index is 12.9. The summed E-state index contributed by atoms with van der Waals surface area (Å²) in [6, 6.07) is 3.11. The van der Waals surface area contributed by atoms with Crippen molar-refractivity contribution < 1.29 is 18.0 Å². The molecule has 1 atom stereocenters. The molecule has 2 rings (SSSR count). The van der Waals surface area contributed by atoms with Crippen LogP contribution in [0.15, 0.2) is 29.7 Å². The number of amides is 1. The second-order valence-electron chi connectivity index (χ2n) is 4.90. The quantitative estimate of drug-likeness (QED) is 0.803. The van der Waals surface area contributed by atoms with Crippen LogP contribution in [0.25, 0.3) is 11.4 Å². The van der Waals surface area contributed by atoms with Crippen molar-refractivity contribution in [2.45, 2.75) is 37.0 Å². The van der Waals surface area contributed by atoms with Crippen LogP contribution in [0, 0.1) is 0 Å². The smallest absolute Gasteiger partial charge is 0.355 e. The first-order chi connectivity index (χ1) is 11.3. The van der Waals surface area contributed by atoms with Crippen molar-refractivity contribution in [3.8, 4) is 11.4 Å². The second kappa shape index (κ2) is 7.65. The molecule has 24 heavy (non-hydrogen) atoms. The molecule has 0 aliphatic heterocycles. The van der Waals surface area contributed by atoms with Crippen LogP contribution in [-0.2, 0) is 11.3 Å². The molecule has 2 heterocycles. The topological polar surface area (TPSA) is 72.7 Å². The lowest BCUT2D eigenvalue weighted by Crippen LogP contribution is -2.31. The molecule has 0 aliphatic rings. The van der Waals surface area contributed by atoms with Crippen molar-refractivity contribution in [3.05, 3.63) is 24.5 Å². The highest BCUT2D eigenvalue weighted by molar-refractivity contribution is 8.00.